The Bertz CT molecular complexity index is 482. The number of anilines is 1. The number of aldehydes is 1. The minimum atomic E-state index is -0.129. The average Bonchev–Trinajstić information content (AvgIpc) is 2.47. The molecule has 3 N–H and O–H groups in total. The lowest BCUT2D eigenvalue weighted by Gasteiger charge is -2.22. The number of amides is 1. The molecular formula is C15H20N2O3. The van der Waals surface area contributed by atoms with Gasteiger partial charge in [-0.2, -0.15) is 0 Å². The second-order valence-corrected chi connectivity index (χ2v) is 5.11. The largest absolute Gasteiger partial charge is 0.482 e. The van der Waals surface area contributed by atoms with E-state index in [0.29, 0.717) is 17.0 Å². The van der Waals surface area contributed by atoms with E-state index in [9.17, 15) is 9.59 Å². The van der Waals surface area contributed by atoms with Crippen molar-refractivity contribution in [3.8, 4) is 5.75 Å². The van der Waals surface area contributed by atoms with E-state index in [1.54, 1.807) is 12.1 Å². The van der Waals surface area contributed by atoms with Crippen LogP contribution < -0.4 is 15.8 Å². The molecule has 0 unspecified atom stereocenters. The van der Waals surface area contributed by atoms with Crippen LogP contribution in [0.3, 0.4) is 0 Å². The van der Waals surface area contributed by atoms with Crippen molar-refractivity contribution in [2.24, 2.45) is 0 Å². The molecule has 0 aromatic heterocycles. The molecule has 0 aliphatic heterocycles. The number of carbonyl (C=O) groups is 2. The van der Waals surface area contributed by atoms with E-state index in [2.05, 4.69) is 5.32 Å². The van der Waals surface area contributed by atoms with Gasteiger partial charge in [-0.15, -0.1) is 0 Å². The Balaban J connectivity index is 1.82. The highest BCUT2D eigenvalue weighted by Crippen LogP contribution is 2.22. The highest BCUT2D eigenvalue weighted by molar-refractivity contribution is 5.79. The molecule has 1 saturated carbocycles. The molecule has 0 heterocycles. The lowest BCUT2D eigenvalue weighted by atomic mass is 9.95. The van der Waals surface area contributed by atoms with Gasteiger partial charge in [0.1, 0.15) is 12.0 Å². The highest BCUT2D eigenvalue weighted by Gasteiger charge is 2.16. The third-order valence-corrected chi connectivity index (χ3v) is 3.50. The molecule has 1 amide bonds. The Morgan fingerprint density at radius 2 is 2.10 bits per heavy atom. The van der Waals surface area contributed by atoms with Crippen LogP contribution in [-0.2, 0) is 4.79 Å². The third-order valence-electron chi connectivity index (χ3n) is 3.50. The Hall–Kier alpha value is -2.04. The SMILES string of the molecule is Nc1cc(C=O)ccc1OCC(=O)NC1CCCCC1. The molecule has 20 heavy (non-hydrogen) atoms. The van der Waals surface area contributed by atoms with E-state index in [4.69, 9.17) is 10.5 Å². The molecule has 0 saturated heterocycles. The minimum absolute atomic E-state index is 0.0544. The summed E-state index contributed by atoms with van der Waals surface area (Å²) in [6.45, 7) is -0.0544. The number of nitrogens with one attached hydrogen (secondary N) is 1. The first-order valence-corrected chi connectivity index (χ1v) is 6.96. The smallest absolute Gasteiger partial charge is 0.258 e. The van der Waals surface area contributed by atoms with Gasteiger partial charge in [0.15, 0.2) is 6.61 Å². The van der Waals surface area contributed by atoms with Gasteiger partial charge in [-0.1, -0.05) is 19.3 Å². The van der Waals surface area contributed by atoms with Gasteiger partial charge in [-0.3, -0.25) is 9.59 Å². The number of hydrogen-bond donors (Lipinski definition) is 2. The number of carbonyl (C=O) groups excluding carboxylic acids is 2. The summed E-state index contributed by atoms with van der Waals surface area (Å²) in [6.07, 6.45) is 6.40. The summed E-state index contributed by atoms with van der Waals surface area (Å²) in [6, 6.07) is 5.01. The Kier molecular flexibility index (Phi) is 4.98. The molecular weight excluding hydrogens is 256 g/mol. The van der Waals surface area contributed by atoms with Crippen molar-refractivity contribution >= 4 is 17.9 Å². The lowest BCUT2D eigenvalue weighted by molar-refractivity contribution is -0.124. The quantitative estimate of drug-likeness (QED) is 0.636. The summed E-state index contributed by atoms with van der Waals surface area (Å²) >= 11 is 0. The molecule has 1 aliphatic carbocycles. The van der Waals surface area contributed by atoms with Gasteiger partial charge >= 0.3 is 0 Å². The number of nitrogens with two attached hydrogens (primary N) is 1. The predicted octanol–water partition coefficient (Wildman–Crippen LogP) is 1.91. The summed E-state index contributed by atoms with van der Waals surface area (Å²) in [4.78, 5) is 22.4. The number of benzene rings is 1. The zero-order chi connectivity index (χ0) is 14.4. The van der Waals surface area contributed by atoms with Crippen LogP contribution in [0, 0.1) is 0 Å². The number of ether oxygens (including phenoxy) is 1. The van der Waals surface area contributed by atoms with Crippen LogP contribution in [0.5, 0.6) is 5.75 Å². The van der Waals surface area contributed by atoms with Gasteiger partial charge < -0.3 is 15.8 Å². The Morgan fingerprint density at radius 3 is 2.75 bits per heavy atom. The summed E-state index contributed by atoms with van der Waals surface area (Å²) in [5.74, 6) is 0.296. The molecule has 5 heteroatoms. The van der Waals surface area contributed by atoms with Gasteiger partial charge in [0.2, 0.25) is 0 Å². The fraction of sp³-hybridized carbons (Fsp3) is 0.467. The lowest BCUT2D eigenvalue weighted by Crippen LogP contribution is -2.39. The monoisotopic (exact) mass is 276 g/mol. The highest BCUT2D eigenvalue weighted by atomic mass is 16.5. The molecule has 1 aromatic carbocycles. The van der Waals surface area contributed by atoms with Crippen LogP contribution >= 0.6 is 0 Å². The second-order valence-electron chi connectivity index (χ2n) is 5.11. The van der Waals surface area contributed by atoms with Gasteiger partial charge in [0.05, 0.1) is 5.69 Å². The van der Waals surface area contributed by atoms with E-state index in [0.717, 1.165) is 19.1 Å². The van der Waals surface area contributed by atoms with Crippen LogP contribution in [0.2, 0.25) is 0 Å². The first kappa shape index (κ1) is 14.4. The minimum Gasteiger partial charge on any atom is -0.482 e. The zero-order valence-corrected chi connectivity index (χ0v) is 11.4. The fourth-order valence-corrected chi connectivity index (χ4v) is 2.43. The molecule has 2 rings (SSSR count). The van der Waals surface area contributed by atoms with Crippen LogP contribution in [0.4, 0.5) is 5.69 Å². The normalized spacial score (nSPS) is 15.6. The maximum absolute atomic E-state index is 11.8. The first-order valence-electron chi connectivity index (χ1n) is 6.96. The fourth-order valence-electron chi connectivity index (χ4n) is 2.43. The van der Waals surface area contributed by atoms with Crippen LogP contribution in [0.25, 0.3) is 0 Å². The van der Waals surface area contributed by atoms with Crippen LogP contribution in [0.15, 0.2) is 18.2 Å². The van der Waals surface area contributed by atoms with Crippen molar-refractivity contribution in [3.05, 3.63) is 23.8 Å². The van der Waals surface area contributed by atoms with Gasteiger partial charge in [0, 0.05) is 11.6 Å². The molecule has 108 valence electrons. The number of nitrogen functional groups attached to an aromatic ring is 1. The number of rotatable bonds is 5. The second kappa shape index (κ2) is 6.93. The summed E-state index contributed by atoms with van der Waals surface area (Å²) in [7, 11) is 0. The van der Waals surface area contributed by atoms with Crippen LogP contribution in [0.1, 0.15) is 42.5 Å². The van der Waals surface area contributed by atoms with Crippen molar-refractivity contribution in [2.45, 2.75) is 38.1 Å². The van der Waals surface area contributed by atoms with E-state index in [1.165, 1.54) is 25.3 Å². The summed E-state index contributed by atoms with van der Waals surface area (Å²) in [5.41, 5.74) is 6.60. The Morgan fingerprint density at radius 1 is 1.35 bits per heavy atom. The van der Waals surface area contributed by atoms with Crippen molar-refractivity contribution in [3.63, 3.8) is 0 Å². The standard InChI is InChI=1S/C15H20N2O3/c16-13-8-11(9-18)6-7-14(13)20-10-15(19)17-12-4-2-1-3-5-12/h6-9,12H,1-5,10,16H2,(H,17,19). The van der Waals surface area contributed by atoms with Gasteiger partial charge in [0.25, 0.3) is 5.91 Å². The summed E-state index contributed by atoms with van der Waals surface area (Å²) in [5, 5.41) is 2.97. The van der Waals surface area contributed by atoms with Gasteiger partial charge in [-0.05, 0) is 31.0 Å². The molecule has 0 spiro atoms. The number of hydrogen-bond acceptors (Lipinski definition) is 4. The topological polar surface area (TPSA) is 81.4 Å². The van der Waals surface area contributed by atoms with Crippen molar-refractivity contribution < 1.29 is 14.3 Å². The molecule has 0 radical (unpaired) electrons. The van der Waals surface area contributed by atoms with Gasteiger partial charge in [-0.25, -0.2) is 0 Å². The first-order chi connectivity index (χ1) is 9.69. The van der Waals surface area contributed by atoms with Crippen LogP contribution in [-0.4, -0.2) is 24.8 Å². The molecule has 5 nitrogen and oxygen atoms in total. The molecule has 1 aliphatic rings. The van der Waals surface area contributed by atoms with E-state index in [1.807, 2.05) is 0 Å². The van der Waals surface area contributed by atoms with E-state index >= 15 is 0 Å². The van der Waals surface area contributed by atoms with E-state index < -0.39 is 0 Å². The molecule has 1 fully saturated rings. The molecule has 0 atom stereocenters. The summed E-state index contributed by atoms with van der Waals surface area (Å²) < 4.78 is 5.39. The zero-order valence-electron chi connectivity index (χ0n) is 11.4. The maximum atomic E-state index is 11.8. The van der Waals surface area contributed by atoms with E-state index in [-0.39, 0.29) is 18.6 Å². The third kappa shape index (κ3) is 3.98. The predicted molar refractivity (Wildman–Crippen MR) is 76.8 cm³/mol. The van der Waals surface area contributed by atoms with Crippen molar-refractivity contribution in [1.82, 2.24) is 5.32 Å². The molecule has 0 bridgehead atoms. The van der Waals surface area contributed by atoms with Crippen molar-refractivity contribution in [1.29, 1.82) is 0 Å². The maximum Gasteiger partial charge on any atom is 0.258 e. The Labute approximate surface area is 118 Å². The molecule has 1 aromatic rings. The van der Waals surface area contributed by atoms with Crippen molar-refractivity contribution in [2.75, 3.05) is 12.3 Å². The average molecular weight is 276 g/mol.